The van der Waals surface area contributed by atoms with Gasteiger partial charge < -0.3 is 28.8 Å². The van der Waals surface area contributed by atoms with Crippen molar-refractivity contribution in [1.82, 2.24) is 24.4 Å². The predicted molar refractivity (Wildman–Crippen MR) is 171 cm³/mol. The zero-order valence-corrected chi connectivity index (χ0v) is 25.2. The first-order chi connectivity index (χ1) is 22.0. The van der Waals surface area contributed by atoms with Crippen molar-refractivity contribution in [2.75, 3.05) is 44.0 Å². The molecule has 0 unspecified atom stereocenters. The Balaban J connectivity index is 1.19. The van der Waals surface area contributed by atoms with Gasteiger partial charge in [0, 0.05) is 66.2 Å². The first kappa shape index (κ1) is 27.6. The van der Waals surface area contributed by atoms with Crippen LogP contribution < -0.4 is 15.0 Å². The van der Waals surface area contributed by atoms with E-state index in [9.17, 15) is 10.1 Å². The van der Waals surface area contributed by atoms with Crippen LogP contribution in [-0.4, -0.2) is 69.2 Å². The first-order valence-electron chi connectivity index (χ1n) is 15.4. The highest BCUT2D eigenvalue weighted by atomic mass is 16.6. The summed E-state index contributed by atoms with van der Waals surface area (Å²) in [4.78, 5) is 30.5. The van der Waals surface area contributed by atoms with Gasteiger partial charge in [-0.25, -0.2) is 15.0 Å². The quantitative estimate of drug-likeness (QED) is 0.159. The standard InChI is InChI=1S/C33H34N8O4/c1-38-12-5-6-20-17-39(19-29(20)38)27-15-30(44-2)25(14-28(27)41(42)43)36-33-35-16-23(32-34-11-13-45-32)31(37-33)24-18-40(21-9-10-21)26-8-4-3-7-22(24)26/h3-4,7-8,11,13-16,18,20-21,29H,5-6,9-10,12,17,19H2,1-2H3,(H,35,36,37)/t20-,29+/m1/s1. The van der Waals surface area contributed by atoms with Crippen LogP contribution >= 0.6 is 0 Å². The minimum absolute atomic E-state index is 0.0173. The fraction of sp³-hybridized carbons (Fsp3) is 0.364. The van der Waals surface area contributed by atoms with E-state index in [-0.39, 0.29) is 16.6 Å². The highest BCUT2D eigenvalue weighted by Gasteiger charge is 2.39. The molecule has 5 aromatic rings. The lowest BCUT2D eigenvalue weighted by Crippen LogP contribution is -2.42. The van der Waals surface area contributed by atoms with Gasteiger partial charge in [0.1, 0.15) is 17.7 Å². The molecule has 2 saturated heterocycles. The highest BCUT2D eigenvalue weighted by molar-refractivity contribution is 5.98. The summed E-state index contributed by atoms with van der Waals surface area (Å²) >= 11 is 0. The minimum atomic E-state index is -0.323. The van der Waals surface area contributed by atoms with Crippen molar-refractivity contribution in [2.24, 2.45) is 5.92 Å². The van der Waals surface area contributed by atoms with E-state index in [2.05, 4.69) is 55.0 Å². The number of para-hydroxylation sites is 1. The molecule has 8 rings (SSSR count). The molecule has 12 nitrogen and oxygen atoms in total. The minimum Gasteiger partial charge on any atom is -0.494 e. The second kappa shape index (κ2) is 10.9. The maximum absolute atomic E-state index is 12.4. The molecule has 2 aromatic carbocycles. The summed E-state index contributed by atoms with van der Waals surface area (Å²) in [5.74, 6) is 1.66. The number of nitro benzene ring substituents is 1. The predicted octanol–water partition coefficient (Wildman–Crippen LogP) is 6.28. The van der Waals surface area contributed by atoms with E-state index >= 15 is 0 Å². The van der Waals surface area contributed by atoms with E-state index in [1.807, 2.05) is 12.1 Å². The molecule has 45 heavy (non-hydrogen) atoms. The molecule has 3 aliphatic rings. The number of hydrogen-bond acceptors (Lipinski definition) is 10. The van der Waals surface area contributed by atoms with Crippen LogP contribution in [0, 0.1) is 16.0 Å². The zero-order chi connectivity index (χ0) is 30.7. The fourth-order valence-electron chi connectivity index (χ4n) is 7.16. The molecular weight excluding hydrogens is 572 g/mol. The Kier molecular flexibility index (Phi) is 6.67. The lowest BCUT2D eigenvalue weighted by molar-refractivity contribution is -0.384. The van der Waals surface area contributed by atoms with E-state index in [0.717, 1.165) is 61.8 Å². The van der Waals surface area contributed by atoms with Crippen LogP contribution in [-0.2, 0) is 0 Å². The highest BCUT2D eigenvalue weighted by Crippen LogP contribution is 2.45. The lowest BCUT2D eigenvalue weighted by atomic mass is 9.93. The Morgan fingerprint density at radius 1 is 1.11 bits per heavy atom. The van der Waals surface area contributed by atoms with Crippen LogP contribution in [0.15, 0.2) is 65.7 Å². The third kappa shape index (κ3) is 4.85. The lowest BCUT2D eigenvalue weighted by Gasteiger charge is -2.33. The number of likely N-dealkylation sites (tertiary alicyclic amines) is 1. The average molecular weight is 607 g/mol. The van der Waals surface area contributed by atoms with Gasteiger partial charge in [0.15, 0.2) is 0 Å². The number of piperidine rings is 1. The van der Waals surface area contributed by atoms with Crippen molar-refractivity contribution in [3.63, 3.8) is 0 Å². The Bertz CT molecular complexity index is 1900. The van der Waals surface area contributed by atoms with Crippen LogP contribution in [0.5, 0.6) is 5.75 Å². The number of fused-ring (bicyclic) bond motifs is 2. The van der Waals surface area contributed by atoms with Crippen LogP contribution in [0.1, 0.15) is 31.7 Å². The Labute approximate surface area is 259 Å². The number of aromatic nitrogens is 4. The molecular formula is C33H34N8O4. The monoisotopic (exact) mass is 606 g/mol. The first-order valence-corrected chi connectivity index (χ1v) is 15.4. The largest absolute Gasteiger partial charge is 0.494 e. The summed E-state index contributed by atoms with van der Waals surface area (Å²) in [5, 5.41) is 16.7. The molecule has 1 aliphatic carbocycles. The number of nitrogens with one attached hydrogen (secondary N) is 1. The van der Waals surface area contributed by atoms with Crippen molar-refractivity contribution >= 4 is 33.9 Å². The average Bonchev–Trinajstić information content (AvgIpc) is 3.41. The van der Waals surface area contributed by atoms with Crippen molar-refractivity contribution in [3.05, 3.63) is 71.4 Å². The maximum Gasteiger partial charge on any atom is 0.294 e. The van der Waals surface area contributed by atoms with E-state index < -0.39 is 0 Å². The van der Waals surface area contributed by atoms with Gasteiger partial charge in [0.05, 0.1) is 35.2 Å². The van der Waals surface area contributed by atoms with Gasteiger partial charge in [-0.1, -0.05) is 18.2 Å². The summed E-state index contributed by atoms with van der Waals surface area (Å²) in [5.41, 5.74) is 4.38. The van der Waals surface area contributed by atoms with Gasteiger partial charge in [-0.3, -0.25) is 10.1 Å². The molecule has 3 fully saturated rings. The number of nitro groups is 1. The van der Waals surface area contributed by atoms with Crippen molar-refractivity contribution in [3.8, 4) is 28.5 Å². The molecule has 230 valence electrons. The summed E-state index contributed by atoms with van der Waals surface area (Å²) < 4.78 is 13.8. The Morgan fingerprint density at radius 2 is 1.98 bits per heavy atom. The fourth-order valence-corrected chi connectivity index (χ4v) is 7.16. The number of benzene rings is 2. The maximum atomic E-state index is 12.4. The second-order valence-corrected chi connectivity index (χ2v) is 12.3. The van der Waals surface area contributed by atoms with Crippen molar-refractivity contribution in [1.29, 1.82) is 0 Å². The van der Waals surface area contributed by atoms with E-state index in [0.29, 0.717) is 52.3 Å². The SMILES string of the molecule is COc1cc(N2C[C@H]3CCCN(C)[C@H]3C2)c([N+](=O)[O-])cc1Nc1ncc(-c2ncco2)c(-c2cn(C3CC3)c3ccccc23)n1. The van der Waals surface area contributed by atoms with Gasteiger partial charge in [-0.15, -0.1) is 0 Å². The van der Waals surface area contributed by atoms with Crippen molar-refractivity contribution in [2.45, 2.75) is 37.8 Å². The van der Waals surface area contributed by atoms with Crippen molar-refractivity contribution < 1.29 is 14.1 Å². The second-order valence-electron chi connectivity index (χ2n) is 12.3. The molecule has 0 bridgehead atoms. The molecule has 1 N–H and O–H groups in total. The number of likely N-dealkylation sites (N-methyl/N-ethyl adjacent to an activating group) is 1. The van der Waals surface area contributed by atoms with Gasteiger partial charge in [0.2, 0.25) is 11.8 Å². The molecule has 5 heterocycles. The summed E-state index contributed by atoms with van der Waals surface area (Å²) in [6.07, 6.45) is 11.5. The Hall–Kier alpha value is -4.97. The molecule has 12 heteroatoms. The summed E-state index contributed by atoms with van der Waals surface area (Å²) in [7, 11) is 3.71. The third-order valence-corrected chi connectivity index (χ3v) is 9.53. The van der Waals surface area contributed by atoms with Crippen LogP contribution in [0.2, 0.25) is 0 Å². The van der Waals surface area contributed by atoms with Gasteiger partial charge in [0.25, 0.3) is 5.69 Å². The van der Waals surface area contributed by atoms with Crippen LogP contribution in [0.4, 0.5) is 23.0 Å². The molecule has 0 radical (unpaired) electrons. The smallest absolute Gasteiger partial charge is 0.294 e. The number of oxazole rings is 1. The van der Waals surface area contributed by atoms with E-state index in [1.54, 1.807) is 25.6 Å². The normalized spacial score (nSPS) is 20.0. The summed E-state index contributed by atoms with van der Waals surface area (Å²) in [6, 6.07) is 12.4. The molecule has 3 aromatic heterocycles. The molecule has 1 saturated carbocycles. The molecule has 0 amide bonds. The number of anilines is 3. The number of rotatable bonds is 8. The van der Waals surface area contributed by atoms with E-state index in [1.165, 1.54) is 12.3 Å². The number of ether oxygens (including phenoxy) is 1. The molecule has 2 atom stereocenters. The van der Waals surface area contributed by atoms with Gasteiger partial charge in [-0.05, 0) is 51.3 Å². The van der Waals surface area contributed by atoms with Crippen LogP contribution in [0.25, 0.3) is 33.6 Å². The number of hydrogen-bond donors (Lipinski definition) is 1. The third-order valence-electron chi connectivity index (χ3n) is 9.53. The zero-order valence-electron chi connectivity index (χ0n) is 25.2. The summed E-state index contributed by atoms with van der Waals surface area (Å²) in [6.45, 7) is 2.59. The molecule has 2 aliphatic heterocycles. The van der Waals surface area contributed by atoms with E-state index in [4.69, 9.17) is 14.1 Å². The van der Waals surface area contributed by atoms with Crippen LogP contribution in [0.3, 0.4) is 0 Å². The number of nitrogens with zero attached hydrogens (tertiary/aromatic N) is 7. The topological polar surface area (TPSA) is 128 Å². The van der Waals surface area contributed by atoms with Gasteiger partial charge >= 0.3 is 0 Å². The van der Waals surface area contributed by atoms with Gasteiger partial charge in [-0.2, -0.15) is 0 Å². The Morgan fingerprint density at radius 3 is 2.73 bits per heavy atom. The molecule has 0 spiro atoms. The number of methoxy groups -OCH3 is 1.